The summed E-state index contributed by atoms with van der Waals surface area (Å²) < 4.78 is 41.4. The van der Waals surface area contributed by atoms with E-state index in [4.69, 9.17) is 4.74 Å². The molecule has 0 heterocycles. The highest BCUT2D eigenvalue weighted by molar-refractivity contribution is 5.94. The lowest BCUT2D eigenvalue weighted by Gasteiger charge is -2.09. The molecule has 0 saturated carbocycles. The molecule has 0 bridgehead atoms. The number of nitrogens with one attached hydrogen (secondary N) is 1. The lowest BCUT2D eigenvalue weighted by atomic mass is 10.3. The van der Waals surface area contributed by atoms with E-state index in [9.17, 15) is 18.0 Å². The van der Waals surface area contributed by atoms with E-state index in [0.29, 0.717) is 11.5 Å². The van der Waals surface area contributed by atoms with Crippen LogP contribution in [0.4, 0.5) is 18.9 Å². The number of allylic oxidation sites excluding steroid dienone is 3. The van der Waals surface area contributed by atoms with Crippen LogP contribution in [0.25, 0.3) is 0 Å². The van der Waals surface area contributed by atoms with Crippen LogP contribution in [0.5, 0.6) is 5.75 Å². The Labute approximate surface area is 114 Å². The van der Waals surface area contributed by atoms with Gasteiger partial charge in [-0.3, -0.25) is 4.79 Å². The Hall–Kier alpha value is -2.50. The molecule has 1 rings (SSSR count). The van der Waals surface area contributed by atoms with Crippen molar-refractivity contribution in [1.29, 1.82) is 0 Å². The van der Waals surface area contributed by atoms with Gasteiger partial charge in [-0.2, -0.15) is 13.2 Å². The van der Waals surface area contributed by atoms with Crippen molar-refractivity contribution >= 4 is 11.6 Å². The lowest BCUT2D eigenvalue weighted by Crippen LogP contribution is -2.29. The van der Waals surface area contributed by atoms with Crippen molar-refractivity contribution in [3.8, 4) is 5.75 Å². The predicted molar refractivity (Wildman–Crippen MR) is 70.2 cm³/mol. The van der Waals surface area contributed by atoms with Crippen LogP contribution >= 0.6 is 0 Å². The summed E-state index contributed by atoms with van der Waals surface area (Å²) in [5.41, 5.74) is 0.0203. The number of carbonyl (C=O) groups excluding carboxylic acids is 1. The molecule has 106 valence electrons. The highest BCUT2D eigenvalue weighted by Gasteiger charge is 2.38. The van der Waals surface area contributed by atoms with Gasteiger partial charge in [0, 0.05) is 5.69 Å². The van der Waals surface area contributed by atoms with Crippen molar-refractivity contribution in [1.82, 2.24) is 0 Å². The number of halogens is 3. The molecule has 0 radical (unpaired) electrons. The molecule has 20 heavy (non-hydrogen) atoms. The van der Waals surface area contributed by atoms with E-state index in [-0.39, 0.29) is 5.69 Å². The summed E-state index contributed by atoms with van der Waals surface area (Å²) in [6.07, 6.45) is -0.171. The van der Waals surface area contributed by atoms with Gasteiger partial charge in [-0.1, -0.05) is 25.3 Å². The van der Waals surface area contributed by atoms with Gasteiger partial charge in [0.15, 0.2) is 0 Å². The third-order valence-electron chi connectivity index (χ3n) is 2.04. The number of rotatable bonds is 5. The van der Waals surface area contributed by atoms with E-state index in [0.717, 1.165) is 0 Å². The van der Waals surface area contributed by atoms with Crippen LogP contribution in [0, 0.1) is 0 Å². The first-order valence-corrected chi connectivity index (χ1v) is 5.47. The molecule has 1 aromatic rings. The minimum atomic E-state index is -4.92. The number of anilines is 1. The molecule has 1 aromatic carbocycles. The molecule has 1 N–H and O–H groups in total. The average molecular weight is 283 g/mol. The number of hydrogen-bond acceptors (Lipinski definition) is 2. The molecule has 3 nitrogen and oxygen atoms in total. The van der Waals surface area contributed by atoms with Crippen molar-refractivity contribution in [2.45, 2.75) is 6.18 Å². The van der Waals surface area contributed by atoms with E-state index in [1.54, 1.807) is 23.5 Å². The Morgan fingerprint density at radius 1 is 1.25 bits per heavy atom. The number of hydrogen-bond donors (Lipinski definition) is 1. The van der Waals surface area contributed by atoms with Crippen LogP contribution in [0.3, 0.4) is 0 Å². The fourth-order valence-corrected chi connectivity index (χ4v) is 1.17. The number of alkyl halides is 3. The smallest absolute Gasteiger partial charge is 0.458 e. The van der Waals surface area contributed by atoms with Crippen LogP contribution in [0.2, 0.25) is 0 Å². The molecule has 6 heteroatoms. The van der Waals surface area contributed by atoms with Crippen LogP contribution in [0.15, 0.2) is 61.4 Å². The fourth-order valence-electron chi connectivity index (χ4n) is 1.17. The second-order valence-electron chi connectivity index (χ2n) is 3.64. The van der Waals surface area contributed by atoms with E-state index >= 15 is 0 Å². The predicted octanol–water partition coefficient (Wildman–Crippen LogP) is 3.82. The Morgan fingerprint density at radius 3 is 2.35 bits per heavy atom. The Balaban J connectivity index is 2.65. The Morgan fingerprint density at radius 2 is 1.85 bits per heavy atom. The van der Waals surface area contributed by atoms with Gasteiger partial charge in [0.2, 0.25) is 0 Å². The molecular formula is C14H12F3NO2. The summed E-state index contributed by atoms with van der Waals surface area (Å²) in [4.78, 5) is 10.7. The van der Waals surface area contributed by atoms with Crippen LogP contribution < -0.4 is 10.1 Å². The third kappa shape index (κ3) is 5.01. The monoisotopic (exact) mass is 283 g/mol. The molecule has 0 aliphatic carbocycles. The fraction of sp³-hybridized carbons (Fsp3) is 0.0714. The first kappa shape index (κ1) is 15.6. The zero-order valence-electron chi connectivity index (χ0n) is 10.4. The summed E-state index contributed by atoms with van der Waals surface area (Å²) in [7, 11) is 0. The standard InChI is InChI=1S/C14H12F3NO2/c1-3-4-5-10(2)20-12-8-6-11(7-9-12)18-13(19)14(15,16)17/h3-9H,1-2H2,(H,18,19). The second-order valence-corrected chi connectivity index (χ2v) is 3.64. The van der Waals surface area contributed by atoms with Crippen molar-refractivity contribution < 1.29 is 22.7 Å². The maximum absolute atomic E-state index is 12.0. The summed E-state index contributed by atoms with van der Waals surface area (Å²) >= 11 is 0. The SMILES string of the molecule is C=CC=CC(=C)Oc1ccc(NC(=O)C(F)(F)F)cc1. The van der Waals surface area contributed by atoms with E-state index in [2.05, 4.69) is 13.2 Å². The molecule has 0 saturated heterocycles. The molecule has 1 amide bonds. The summed E-state index contributed by atoms with van der Waals surface area (Å²) in [5.74, 6) is -1.30. The first-order chi connectivity index (χ1) is 9.32. The summed E-state index contributed by atoms with van der Waals surface area (Å²) in [6.45, 7) is 7.10. The van der Waals surface area contributed by atoms with Gasteiger partial charge in [-0.25, -0.2) is 0 Å². The highest BCUT2D eigenvalue weighted by atomic mass is 19.4. The van der Waals surface area contributed by atoms with Gasteiger partial charge < -0.3 is 10.1 Å². The number of ether oxygens (including phenoxy) is 1. The quantitative estimate of drug-likeness (QED) is 0.659. The Kier molecular flexibility index (Phi) is 5.14. The maximum Gasteiger partial charge on any atom is 0.471 e. The van der Waals surface area contributed by atoms with E-state index < -0.39 is 12.1 Å². The van der Waals surface area contributed by atoms with Crippen LogP contribution in [-0.4, -0.2) is 12.1 Å². The van der Waals surface area contributed by atoms with Crippen LogP contribution in [-0.2, 0) is 4.79 Å². The van der Waals surface area contributed by atoms with Gasteiger partial charge in [0.05, 0.1) is 0 Å². The van der Waals surface area contributed by atoms with Crippen molar-refractivity contribution in [3.63, 3.8) is 0 Å². The van der Waals surface area contributed by atoms with Gasteiger partial charge in [0.25, 0.3) is 0 Å². The molecule has 0 aliphatic rings. The van der Waals surface area contributed by atoms with Crippen LogP contribution in [0.1, 0.15) is 0 Å². The molecule has 0 aliphatic heterocycles. The molecule has 0 spiro atoms. The minimum Gasteiger partial charge on any atom is -0.458 e. The zero-order valence-corrected chi connectivity index (χ0v) is 10.4. The lowest BCUT2D eigenvalue weighted by molar-refractivity contribution is -0.167. The molecule has 0 atom stereocenters. The molecule has 0 unspecified atom stereocenters. The first-order valence-electron chi connectivity index (χ1n) is 5.47. The number of amides is 1. The van der Waals surface area contributed by atoms with Crippen molar-refractivity contribution in [2.75, 3.05) is 5.32 Å². The topological polar surface area (TPSA) is 38.3 Å². The summed E-state index contributed by atoms with van der Waals surface area (Å²) in [5, 5.41) is 1.73. The summed E-state index contributed by atoms with van der Waals surface area (Å²) in [6, 6.07) is 5.42. The highest BCUT2D eigenvalue weighted by Crippen LogP contribution is 2.21. The van der Waals surface area contributed by atoms with Gasteiger partial charge in [-0.05, 0) is 30.3 Å². The second kappa shape index (κ2) is 6.60. The van der Waals surface area contributed by atoms with E-state index in [1.807, 2.05) is 0 Å². The third-order valence-corrected chi connectivity index (χ3v) is 2.04. The Bertz CT molecular complexity index is 530. The number of carbonyl (C=O) groups is 1. The average Bonchev–Trinajstić information content (AvgIpc) is 2.37. The minimum absolute atomic E-state index is 0.0203. The van der Waals surface area contributed by atoms with Crippen molar-refractivity contribution in [2.24, 2.45) is 0 Å². The zero-order chi connectivity index (χ0) is 15.2. The molecule has 0 aromatic heterocycles. The van der Waals surface area contributed by atoms with Gasteiger partial charge >= 0.3 is 12.1 Å². The largest absolute Gasteiger partial charge is 0.471 e. The van der Waals surface area contributed by atoms with Crippen molar-refractivity contribution in [3.05, 3.63) is 61.4 Å². The number of benzene rings is 1. The normalized spacial score (nSPS) is 11.2. The van der Waals surface area contributed by atoms with Gasteiger partial charge in [0.1, 0.15) is 11.5 Å². The molecular weight excluding hydrogens is 271 g/mol. The van der Waals surface area contributed by atoms with E-state index in [1.165, 1.54) is 24.3 Å². The molecule has 0 fully saturated rings. The van der Waals surface area contributed by atoms with Gasteiger partial charge in [-0.15, -0.1) is 0 Å². The maximum atomic E-state index is 12.0.